The minimum absolute atomic E-state index is 0.0380. The minimum atomic E-state index is -0.781. The van der Waals surface area contributed by atoms with Crippen molar-refractivity contribution in [3.8, 4) is 11.3 Å². The second-order valence-electron chi connectivity index (χ2n) is 7.01. The SMILES string of the molecule is C[C@@H](O)c1nnc(C[C@H]2C[C@@H](NC(=O)c3cc(-c4ccc(F)cc4)no3)C2)o1. The number of hydrogen-bond acceptors (Lipinski definition) is 7. The van der Waals surface area contributed by atoms with Gasteiger partial charge in [0.2, 0.25) is 17.5 Å². The van der Waals surface area contributed by atoms with Gasteiger partial charge in [-0.2, -0.15) is 0 Å². The van der Waals surface area contributed by atoms with Crippen LogP contribution in [0.15, 0.2) is 39.3 Å². The van der Waals surface area contributed by atoms with Crippen molar-refractivity contribution in [3.63, 3.8) is 0 Å². The summed E-state index contributed by atoms with van der Waals surface area (Å²) in [6, 6.07) is 7.38. The van der Waals surface area contributed by atoms with Crippen molar-refractivity contribution < 1.29 is 23.2 Å². The Morgan fingerprint density at radius 3 is 2.75 bits per heavy atom. The zero-order chi connectivity index (χ0) is 19.7. The number of nitrogens with one attached hydrogen (secondary N) is 1. The molecule has 9 heteroatoms. The number of benzene rings is 1. The zero-order valence-corrected chi connectivity index (χ0v) is 15.1. The molecule has 2 aromatic heterocycles. The Kier molecular flexibility index (Phi) is 4.91. The Balaban J connectivity index is 1.28. The summed E-state index contributed by atoms with van der Waals surface area (Å²) in [6.45, 7) is 1.57. The van der Waals surface area contributed by atoms with E-state index in [-0.39, 0.29) is 29.4 Å². The molecule has 0 radical (unpaired) electrons. The lowest BCUT2D eigenvalue weighted by Crippen LogP contribution is -2.44. The lowest BCUT2D eigenvalue weighted by Gasteiger charge is -2.34. The van der Waals surface area contributed by atoms with E-state index in [4.69, 9.17) is 8.94 Å². The summed E-state index contributed by atoms with van der Waals surface area (Å²) in [5.41, 5.74) is 1.14. The molecular formula is C19H19FN4O4. The molecule has 4 rings (SSSR count). The molecule has 0 aliphatic heterocycles. The molecule has 2 heterocycles. The van der Waals surface area contributed by atoms with Crippen LogP contribution in [-0.2, 0) is 6.42 Å². The fourth-order valence-electron chi connectivity index (χ4n) is 3.18. The average Bonchev–Trinajstić information content (AvgIpc) is 3.30. The highest BCUT2D eigenvalue weighted by atomic mass is 19.1. The van der Waals surface area contributed by atoms with E-state index in [2.05, 4.69) is 20.7 Å². The van der Waals surface area contributed by atoms with Gasteiger partial charge in [-0.15, -0.1) is 10.2 Å². The third-order valence-electron chi connectivity index (χ3n) is 4.75. The Morgan fingerprint density at radius 2 is 2.07 bits per heavy atom. The molecule has 2 N–H and O–H groups in total. The van der Waals surface area contributed by atoms with E-state index in [0.717, 1.165) is 12.8 Å². The molecule has 8 nitrogen and oxygen atoms in total. The first kappa shape index (κ1) is 18.3. The predicted octanol–water partition coefficient (Wildman–Crippen LogP) is 2.67. The van der Waals surface area contributed by atoms with Crippen molar-refractivity contribution in [2.75, 3.05) is 0 Å². The van der Waals surface area contributed by atoms with Crippen LogP contribution >= 0.6 is 0 Å². The van der Waals surface area contributed by atoms with E-state index in [1.807, 2.05) is 0 Å². The van der Waals surface area contributed by atoms with E-state index < -0.39 is 6.10 Å². The first-order valence-corrected chi connectivity index (χ1v) is 9.02. The lowest BCUT2D eigenvalue weighted by atomic mass is 9.78. The molecule has 0 bridgehead atoms. The quantitative estimate of drug-likeness (QED) is 0.669. The van der Waals surface area contributed by atoms with Gasteiger partial charge in [-0.3, -0.25) is 4.79 Å². The van der Waals surface area contributed by atoms with Crippen LogP contribution in [0.1, 0.15) is 48.2 Å². The van der Waals surface area contributed by atoms with Gasteiger partial charge in [0.25, 0.3) is 5.91 Å². The molecule has 1 atom stereocenters. The molecule has 1 aliphatic rings. The fraction of sp³-hybridized carbons (Fsp3) is 0.368. The summed E-state index contributed by atoms with van der Waals surface area (Å²) in [6.07, 6.45) is 1.41. The predicted molar refractivity (Wildman–Crippen MR) is 94.5 cm³/mol. The first-order chi connectivity index (χ1) is 13.5. The highest BCUT2D eigenvalue weighted by molar-refractivity contribution is 5.92. The molecule has 0 unspecified atom stereocenters. The molecule has 28 heavy (non-hydrogen) atoms. The monoisotopic (exact) mass is 386 g/mol. The van der Waals surface area contributed by atoms with Crippen molar-refractivity contribution in [1.82, 2.24) is 20.7 Å². The largest absolute Gasteiger partial charge is 0.422 e. The summed E-state index contributed by atoms with van der Waals surface area (Å²) in [5.74, 6) is 0.468. The molecule has 1 aliphatic carbocycles. The smallest absolute Gasteiger partial charge is 0.290 e. The van der Waals surface area contributed by atoms with Crippen LogP contribution in [0, 0.1) is 11.7 Å². The Hall–Kier alpha value is -3.07. The number of amides is 1. The van der Waals surface area contributed by atoms with Crippen LogP contribution < -0.4 is 5.32 Å². The van der Waals surface area contributed by atoms with Crippen LogP contribution in [0.2, 0.25) is 0 Å². The molecule has 0 spiro atoms. The van der Waals surface area contributed by atoms with Gasteiger partial charge >= 0.3 is 0 Å². The van der Waals surface area contributed by atoms with Crippen molar-refractivity contribution in [1.29, 1.82) is 0 Å². The van der Waals surface area contributed by atoms with Gasteiger partial charge in [0.05, 0.1) is 0 Å². The number of aromatic nitrogens is 3. The number of halogens is 1. The summed E-state index contributed by atoms with van der Waals surface area (Å²) < 4.78 is 23.5. The molecule has 1 fully saturated rings. The number of rotatable bonds is 6. The van der Waals surface area contributed by atoms with Gasteiger partial charge in [0.1, 0.15) is 17.6 Å². The van der Waals surface area contributed by atoms with Crippen LogP contribution in [-0.4, -0.2) is 32.4 Å². The molecule has 1 aromatic carbocycles. The number of aliphatic hydroxyl groups excluding tert-OH is 1. The van der Waals surface area contributed by atoms with E-state index >= 15 is 0 Å². The topological polar surface area (TPSA) is 114 Å². The Labute approximate surface area is 159 Å². The highest BCUT2D eigenvalue weighted by Gasteiger charge is 2.32. The summed E-state index contributed by atoms with van der Waals surface area (Å²) >= 11 is 0. The Morgan fingerprint density at radius 1 is 1.32 bits per heavy atom. The highest BCUT2D eigenvalue weighted by Crippen LogP contribution is 2.31. The maximum absolute atomic E-state index is 13.0. The van der Waals surface area contributed by atoms with Gasteiger partial charge in [-0.1, -0.05) is 5.16 Å². The zero-order valence-electron chi connectivity index (χ0n) is 15.1. The first-order valence-electron chi connectivity index (χ1n) is 9.02. The van der Waals surface area contributed by atoms with E-state index in [1.54, 1.807) is 19.1 Å². The van der Waals surface area contributed by atoms with E-state index in [9.17, 15) is 14.3 Å². The van der Waals surface area contributed by atoms with Gasteiger partial charge in [-0.05, 0) is 49.9 Å². The van der Waals surface area contributed by atoms with Gasteiger partial charge in [0.15, 0.2) is 0 Å². The van der Waals surface area contributed by atoms with E-state index in [1.165, 1.54) is 18.2 Å². The van der Waals surface area contributed by atoms with Gasteiger partial charge in [-0.25, -0.2) is 4.39 Å². The third kappa shape index (κ3) is 3.94. The molecular weight excluding hydrogens is 367 g/mol. The maximum atomic E-state index is 13.0. The Bertz CT molecular complexity index is 960. The third-order valence-corrected chi connectivity index (χ3v) is 4.75. The average molecular weight is 386 g/mol. The molecule has 0 saturated heterocycles. The van der Waals surface area contributed by atoms with E-state index in [0.29, 0.717) is 29.5 Å². The van der Waals surface area contributed by atoms with Gasteiger partial charge in [0, 0.05) is 24.1 Å². The van der Waals surface area contributed by atoms with Crippen molar-refractivity contribution in [3.05, 3.63) is 53.7 Å². The summed E-state index contributed by atoms with van der Waals surface area (Å²) in [7, 11) is 0. The van der Waals surface area contributed by atoms with Gasteiger partial charge < -0.3 is 19.4 Å². The normalized spacial score (nSPS) is 19.8. The molecule has 146 valence electrons. The minimum Gasteiger partial charge on any atom is -0.422 e. The standard InChI is InChI=1S/C19H19FN4O4/c1-10(25)19-23-22-17(27-19)8-11-6-14(7-11)21-18(26)16-9-15(24-28-16)12-2-4-13(20)5-3-12/h2-5,9-11,14,25H,6-8H2,1H3,(H,21,26)/t10-,11-,14+/m1/s1. The number of hydrogen-bond donors (Lipinski definition) is 2. The van der Waals surface area contributed by atoms with Crippen LogP contribution in [0.25, 0.3) is 11.3 Å². The number of carbonyl (C=O) groups is 1. The fourth-order valence-corrected chi connectivity index (χ4v) is 3.18. The van der Waals surface area contributed by atoms with Crippen molar-refractivity contribution in [2.45, 2.75) is 38.3 Å². The van der Waals surface area contributed by atoms with Crippen molar-refractivity contribution >= 4 is 5.91 Å². The number of nitrogens with zero attached hydrogens (tertiary/aromatic N) is 3. The summed E-state index contributed by atoms with van der Waals surface area (Å²) in [4.78, 5) is 12.3. The summed E-state index contributed by atoms with van der Waals surface area (Å²) in [5, 5.41) is 23.9. The van der Waals surface area contributed by atoms with Crippen LogP contribution in [0.5, 0.6) is 0 Å². The second kappa shape index (κ2) is 7.51. The number of carbonyl (C=O) groups excluding carboxylic acids is 1. The molecule has 3 aromatic rings. The van der Waals surface area contributed by atoms with Crippen molar-refractivity contribution in [2.24, 2.45) is 5.92 Å². The molecule has 1 amide bonds. The second-order valence-corrected chi connectivity index (χ2v) is 7.01. The molecule has 1 saturated carbocycles. The van der Waals surface area contributed by atoms with Crippen LogP contribution in [0.3, 0.4) is 0 Å². The van der Waals surface area contributed by atoms with Crippen LogP contribution in [0.4, 0.5) is 4.39 Å². The lowest BCUT2D eigenvalue weighted by molar-refractivity contribution is 0.0848. The number of aliphatic hydroxyl groups is 1. The maximum Gasteiger partial charge on any atom is 0.290 e.